The zero-order chi connectivity index (χ0) is 17.1. The summed E-state index contributed by atoms with van der Waals surface area (Å²) in [6.07, 6.45) is 0. The number of rotatable bonds is 4. The summed E-state index contributed by atoms with van der Waals surface area (Å²) in [5.41, 5.74) is 0.446. The number of amides is 3. The van der Waals surface area contributed by atoms with Crippen LogP contribution < -0.4 is 20.7 Å². The van der Waals surface area contributed by atoms with Crippen molar-refractivity contribution < 1.29 is 18.7 Å². The number of nitrogens with one attached hydrogen (secondary N) is 3. The Hall–Kier alpha value is -2.61. The second-order valence-electron chi connectivity index (χ2n) is 5.30. The molecular weight excluding hydrogens is 333 g/mol. The first kappa shape index (κ1) is 16.3. The summed E-state index contributed by atoms with van der Waals surface area (Å²) in [4.78, 5) is 25.1. The zero-order valence-corrected chi connectivity index (χ0v) is 13.7. The van der Waals surface area contributed by atoms with E-state index in [0.717, 1.165) is 9.94 Å². The van der Waals surface area contributed by atoms with Crippen LogP contribution in [0.4, 0.5) is 14.9 Å². The van der Waals surface area contributed by atoms with Crippen molar-refractivity contribution in [1.29, 1.82) is 0 Å². The molecule has 1 saturated heterocycles. The van der Waals surface area contributed by atoms with E-state index in [9.17, 15) is 14.0 Å². The molecule has 1 aromatic heterocycles. The predicted molar refractivity (Wildman–Crippen MR) is 89.0 cm³/mol. The molecule has 24 heavy (non-hydrogen) atoms. The first-order chi connectivity index (χ1) is 11.6. The molecule has 0 spiro atoms. The maximum absolute atomic E-state index is 12.9. The second kappa shape index (κ2) is 6.88. The molecule has 2 atom stereocenters. The van der Waals surface area contributed by atoms with Crippen LogP contribution in [0.25, 0.3) is 0 Å². The minimum absolute atomic E-state index is 0.162. The Labute approximate surface area is 142 Å². The Bertz CT molecular complexity index is 747. The molecule has 3 rings (SSSR count). The van der Waals surface area contributed by atoms with Crippen molar-refractivity contribution >= 4 is 29.0 Å². The molecule has 0 aliphatic carbocycles. The fourth-order valence-electron chi connectivity index (χ4n) is 2.54. The van der Waals surface area contributed by atoms with Gasteiger partial charge in [0.05, 0.1) is 7.11 Å². The summed E-state index contributed by atoms with van der Waals surface area (Å²) in [6.45, 7) is 0.448. The largest absolute Gasteiger partial charge is 0.487 e. The van der Waals surface area contributed by atoms with Crippen molar-refractivity contribution in [3.8, 4) is 5.06 Å². The quantitative estimate of drug-likeness (QED) is 0.792. The Morgan fingerprint density at radius 3 is 2.71 bits per heavy atom. The van der Waals surface area contributed by atoms with Gasteiger partial charge in [0.2, 0.25) is 5.91 Å². The summed E-state index contributed by atoms with van der Waals surface area (Å²) in [5, 5.41) is 8.77. The highest BCUT2D eigenvalue weighted by molar-refractivity contribution is 7.13. The van der Waals surface area contributed by atoms with E-state index < -0.39 is 12.1 Å². The molecule has 0 radical (unpaired) electrons. The molecule has 1 fully saturated rings. The zero-order valence-electron chi connectivity index (χ0n) is 12.8. The number of ether oxygens (including phenoxy) is 1. The van der Waals surface area contributed by atoms with Gasteiger partial charge in [0, 0.05) is 23.0 Å². The number of methoxy groups -OCH3 is 1. The van der Waals surface area contributed by atoms with Crippen molar-refractivity contribution in [2.24, 2.45) is 0 Å². The van der Waals surface area contributed by atoms with Crippen molar-refractivity contribution in [3.63, 3.8) is 0 Å². The van der Waals surface area contributed by atoms with Gasteiger partial charge in [-0.2, -0.15) is 0 Å². The minimum atomic E-state index is -0.672. The minimum Gasteiger partial charge on any atom is -0.487 e. The van der Waals surface area contributed by atoms with E-state index in [0.29, 0.717) is 12.2 Å². The standard InChI is InChI=1S/C16H16FN3O3S/c1-23-13-7-6-12(24-13)11-8-18-15(21)14(11)20-16(22)19-10-4-2-9(17)3-5-10/h2-7,11,14H,8H2,1H3,(H,18,21)(H2,19,20,22)/t11-,14-/m1/s1. The normalized spacial score (nSPS) is 19.7. The fourth-order valence-corrected chi connectivity index (χ4v) is 3.50. The monoisotopic (exact) mass is 349 g/mol. The predicted octanol–water partition coefficient (Wildman–Crippen LogP) is 2.30. The number of thiophene rings is 1. The van der Waals surface area contributed by atoms with Crippen LogP contribution in [-0.2, 0) is 4.79 Å². The molecule has 1 aliphatic rings. The Balaban J connectivity index is 1.68. The molecule has 2 aromatic rings. The molecular formula is C16H16FN3O3S. The first-order valence-electron chi connectivity index (χ1n) is 7.31. The number of carbonyl (C=O) groups is 2. The molecule has 0 saturated carbocycles. The van der Waals surface area contributed by atoms with Crippen LogP contribution in [0.2, 0.25) is 0 Å². The van der Waals surface area contributed by atoms with E-state index >= 15 is 0 Å². The number of urea groups is 1. The lowest BCUT2D eigenvalue weighted by Crippen LogP contribution is -2.44. The topological polar surface area (TPSA) is 79.5 Å². The number of carbonyl (C=O) groups excluding carboxylic acids is 2. The molecule has 126 valence electrons. The lowest BCUT2D eigenvalue weighted by atomic mass is 10.0. The van der Waals surface area contributed by atoms with Crippen LogP contribution in [0.15, 0.2) is 36.4 Å². The maximum Gasteiger partial charge on any atom is 0.319 e. The highest BCUT2D eigenvalue weighted by atomic mass is 32.1. The van der Waals surface area contributed by atoms with E-state index in [1.807, 2.05) is 12.1 Å². The summed E-state index contributed by atoms with van der Waals surface area (Å²) in [5.74, 6) is -0.783. The van der Waals surface area contributed by atoms with Gasteiger partial charge < -0.3 is 20.7 Å². The third kappa shape index (κ3) is 3.48. The van der Waals surface area contributed by atoms with Crippen LogP contribution in [0.1, 0.15) is 10.8 Å². The van der Waals surface area contributed by atoms with Gasteiger partial charge in [0.1, 0.15) is 11.9 Å². The number of halogens is 1. The number of hydrogen-bond donors (Lipinski definition) is 3. The molecule has 8 heteroatoms. The van der Waals surface area contributed by atoms with Gasteiger partial charge >= 0.3 is 6.03 Å². The van der Waals surface area contributed by atoms with Crippen molar-refractivity contribution in [2.75, 3.05) is 19.0 Å². The Morgan fingerprint density at radius 1 is 1.29 bits per heavy atom. The van der Waals surface area contributed by atoms with Crippen LogP contribution in [-0.4, -0.2) is 31.6 Å². The third-order valence-electron chi connectivity index (χ3n) is 3.74. The van der Waals surface area contributed by atoms with Gasteiger partial charge in [-0.1, -0.05) is 0 Å². The van der Waals surface area contributed by atoms with Gasteiger partial charge in [0.25, 0.3) is 0 Å². The van der Waals surface area contributed by atoms with E-state index in [2.05, 4.69) is 16.0 Å². The number of hydrogen-bond acceptors (Lipinski definition) is 4. The van der Waals surface area contributed by atoms with Gasteiger partial charge in [-0.05, 0) is 36.4 Å². The molecule has 2 heterocycles. The number of anilines is 1. The van der Waals surface area contributed by atoms with Gasteiger partial charge in [0.15, 0.2) is 5.06 Å². The lowest BCUT2D eigenvalue weighted by molar-refractivity contribution is -0.120. The average molecular weight is 349 g/mol. The maximum atomic E-state index is 12.9. The van der Waals surface area contributed by atoms with Gasteiger partial charge in [-0.15, -0.1) is 11.3 Å². The summed E-state index contributed by atoms with van der Waals surface area (Å²) < 4.78 is 18.1. The molecule has 1 aliphatic heterocycles. The van der Waals surface area contributed by atoms with Crippen LogP contribution >= 0.6 is 11.3 Å². The van der Waals surface area contributed by atoms with Crippen molar-refractivity contribution in [3.05, 3.63) is 47.1 Å². The number of benzene rings is 1. The molecule has 3 N–H and O–H groups in total. The molecule has 1 aromatic carbocycles. The summed E-state index contributed by atoms with van der Waals surface area (Å²) >= 11 is 1.44. The molecule has 3 amide bonds. The average Bonchev–Trinajstić information content (AvgIpc) is 3.17. The Morgan fingerprint density at radius 2 is 2.04 bits per heavy atom. The van der Waals surface area contributed by atoms with Gasteiger partial charge in [-0.3, -0.25) is 4.79 Å². The summed E-state index contributed by atoms with van der Waals surface area (Å²) in [7, 11) is 1.58. The van der Waals surface area contributed by atoms with Crippen LogP contribution in [0, 0.1) is 5.82 Å². The highest BCUT2D eigenvalue weighted by Gasteiger charge is 2.37. The van der Waals surface area contributed by atoms with E-state index in [4.69, 9.17) is 4.74 Å². The van der Waals surface area contributed by atoms with E-state index in [1.54, 1.807) is 7.11 Å². The molecule has 0 unspecified atom stereocenters. The van der Waals surface area contributed by atoms with Crippen LogP contribution in [0.5, 0.6) is 5.06 Å². The molecule has 0 bridgehead atoms. The highest BCUT2D eigenvalue weighted by Crippen LogP contribution is 2.33. The van der Waals surface area contributed by atoms with E-state index in [1.165, 1.54) is 35.6 Å². The third-order valence-corrected chi connectivity index (χ3v) is 4.92. The van der Waals surface area contributed by atoms with Gasteiger partial charge in [-0.25, -0.2) is 9.18 Å². The second-order valence-corrected chi connectivity index (χ2v) is 6.37. The lowest BCUT2D eigenvalue weighted by Gasteiger charge is -2.17. The van der Waals surface area contributed by atoms with Crippen LogP contribution in [0.3, 0.4) is 0 Å². The smallest absolute Gasteiger partial charge is 0.319 e. The Kier molecular flexibility index (Phi) is 4.66. The van der Waals surface area contributed by atoms with Crippen molar-refractivity contribution in [2.45, 2.75) is 12.0 Å². The van der Waals surface area contributed by atoms with Crippen molar-refractivity contribution in [1.82, 2.24) is 10.6 Å². The SMILES string of the molecule is COc1ccc([C@H]2CNC(=O)[C@@H]2NC(=O)Nc2ccc(F)cc2)s1. The first-order valence-corrected chi connectivity index (χ1v) is 8.13. The fraction of sp³-hybridized carbons (Fsp3) is 0.250. The molecule has 6 nitrogen and oxygen atoms in total. The van der Waals surface area contributed by atoms with E-state index in [-0.39, 0.29) is 17.6 Å². The summed E-state index contributed by atoms with van der Waals surface area (Å²) in [6, 6.07) is 7.93.